The lowest BCUT2D eigenvalue weighted by molar-refractivity contribution is -0.380. The number of aromatic amines is 1. The van der Waals surface area contributed by atoms with Crippen LogP contribution in [0.4, 0.5) is 5.82 Å². The van der Waals surface area contributed by atoms with Crippen molar-refractivity contribution < 1.29 is 9.72 Å². The Bertz CT molecular complexity index is 474. The summed E-state index contributed by atoms with van der Waals surface area (Å²) in [6, 6.07) is 4.12. The SMILES string of the molecule is CCNc1[nH+]c2c(cc1C#N)COC(C)(C)C2. The first kappa shape index (κ1) is 11.9. The normalized spacial score (nSPS) is 17.1. The summed E-state index contributed by atoms with van der Waals surface area (Å²) in [5.41, 5.74) is 2.76. The van der Waals surface area contributed by atoms with Crippen molar-refractivity contribution in [1.82, 2.24) is 0 Å². The lowest BCUT2D eigenvalue weighted by Crippen LogP contribution is -2.37. The molecule has 2 N–H and O–H groups in total. The van der Waals surface area contributed by atoms with E-state index >= 15 is 0 Å². The predicted octanol–water partition coefficient (Wildman–Crippen LogP) is 1.66. The fourth-order valence-corrected chi connectivity index (χ4v) is 2.07. The maximum absolute atomic E-state index is 9.10. The summed E-state index contributed by atoms with van der Waals surface area (Å²) >= 11 is 0. The number of aromatic nitrogens is 1. The van der Waals surface area contributed by atoms with Gasteiger partial charge in [-0.3, -0.25) is 5.32 Å². The highest BCUT2D eigenvalue weighted by molar-refractivity contribution is 5.49. The summed E-state index contributed by atoms with van der Waals surface area (Å²) in [4.78, 5) is 3.33. The van der Waals surface area contributed by atoms with Gasteiger partial charge in [-0.2, -0.15) is 5.26 Å². The summed E-state index contributed by atoms with van der Waals surface area (Å²) in [5, 5.41) is 12.3. The first-order chi connectivity index (χ1) is 8.05. The maximum Gasteiger partial charge on any atom is 0.290 e. The topological polar surface area (TPSA) is 59.2 Å². The van der Waals surface area contributed by atoms with Crippen molar-refractivity contribution in [2.24, 2.45) is 0 Å². The van der Waals surface area contributed by atoms with Crippen LogP contribution in [0.3, 0.4) is 0 Å². The quantitative estimate of drug-likeness (QED) is 0.843. The van der Waals surface area contributed by atoms with E-state index in [4.69, 9.17) is 10.00 Å². The molecule has 0 saturated heterocycles. The van der Waals surface area contributed by atoms with Gasteiger partial charge in [0.1, 0.15) is 17.3 Å². The fraction of sp³-hybridized carbons (Fsp3) is 0.538. The van der Waals surface area contributed by atoms with Crippen LogP contribution in [0.1, 0.15) is 37.6 Å². The molecule has 17 heavy (non-hydrogen) atoms. The molecule has 1 aliphatic heterocycles. The zero-order valence-corrected chi connectivity index (χ0v) is 10.6. The van der Waals surface area contributed by atoms with E-state index in [9.17, 15) is 0 Å². The number of hydrogen-bond donors (Lipinski definition) is 1. The minimum Gasteiger partial charge on any atom is -0.370 e. The van der Waals surface area contributed by atoms with E-state index in [1.165, 1.54) is 0 Å². The molecule has 0 fully saturated rings. The van der Waals surface area contributed by atoms with Gasteiger partial charge in [0, 0.05) is 12.0 Å². The highest BCUT2D eigenvalue weighted by Crippen LogP contribution is 2.26. The van der Waals surface area contributed by atoms with E-state index in [1.807, 2.05) is 13.0 Å². The largest absolute Gasteiger partial charge is 0.370 e. The molecule has 0 radical (unpaired) electrons. The molecule has 0 bridgehead atoms. The average Bonchev–Trinajstić information content (AvgIpc) is 2.27. The van der Waals surface area contributed by atoms with Crippen molar-refractivity contribution in [3.05, 3.63) is 22.9 Å². The molecule has 0 unspecified atom stereocenters. The number of rotatable bonds is 2. The molecule has 90 valence electrons. The molecule has 1 aromatic heterocycles. The van der Waals surface area contributed by atoms with Crippen LogP contribution >= 0.6 is 0 Å². The zero-order chi connectivity index (χ0) is 12.5. The van der Waals surface area contributed by atoms with Crippen molar-refractivity contribution in [3.63, 3.8) is 0 Å². The number of anilines is 1. The highest BCUT2D eigenvalue weighted by Gasteiger charge is 2.30. The van der Waals surface area contributed by atoms with Crippen LogP contribution in [0.5, 0.6) is 0 Å². The van der Waals surface area contributed by atoms with Gasteiger partial charge in [-0.25, -0.2) is 4.98 Å². The molecule has 0 aliphatic carbocycles. The molecular formula is C13H18N3O+. The second kappa shape index (κ2) is 4.34. The number of pyridine rings is 1. The van der Waals surface area contributed by atoms with Gasteiger partial charge in [-0.05, 0) is 26.8 Å². The van der Waals surface area contributed by atoms with E-state index < -0.39 is 0 Å². The van der Waals surface area contributed by atoms with Crippen LogP contribution in [0.2, 0.25) is 0 Å². The molecule has 2 heterocycles. The Morgan fingerprint density at radius 1 is 1.59 bits per heavy atom. The summed E-state index contributed by atoms with van der Waals surface area (Å²) in [6.07, 6.45) is 0.840. The van der Waals surface area contributed by atoms with Crippen LogP contribution < -0.4 is 10.3 Å². The minimum atomic E-state index is -0.138. The smallest absolute Gasteiger partial charge is 0.290 e. The van der Waals surface area contributed by atoms with Crippen LogP contribution in [-0.2, 0) is 17.8 Å². The lowest BCUT2D eigenvalue weighted by atomic mass is 9.95. The second-order valence-corrected chi connectivity index (χ2v) is 4.93. The van der Waals surface area contributed by atoms with Crippen molar-refractivity contribution >= 4 is 5.82 Å². The Hall–Kier alpha value is -1.60. The number of nitriles is 1. The van der Waals surface area contributed by atoms with Gasteiger partial charge < -0.3 is 4.74 Å². The summed E-state index contributed by atoms with van der Waals surface area (Å²) in [6.45, 7) is 7.54. The molecule has 0 spiro atoms. The Kier molecular flexibility index (Phi) is 3.03. The number of ether oxygens (including phenoxy) is 1. The molecular weight excluding hydrogens is 214 g/mol. The molecule has 1 aromatic rings. The molecule has 2 rings (SSSR count). The van der Waals surface area contributed by atoms with Gasteiger partial charge in [0.25, 0.3) is 5.82 Å². The molecule has 0 aromatic carbocycles. The van der Waals surface area contributed by atoms with E-state index in [2.05, 4.69) is 30.2 Å². The van der Waals surface area contributed by atoms with Gasteiger partial charge in [-0.1, -0.05) is 0 Å². The first-order valence-corrected chi connectivity index (χ1v) is 5.92. The van der Waals surface area contributed by atoms with Crippen molar-refractivity contribution in [1.29, 1.82) is 5.26 Å². The van der Waals surface area contributed by atoms with Gasteiger partial charge in [0.15, 0.2) is 0 Å². The number of hydrogen-bond acceptors (Lipinski definition) is 3. The summed E-state index contributed by atoms with van der Waals surface area (Å²) in [7, 11) is 0. The van der Waals surface area contributed by atoms with E-state index in [0.717, 1.165) is 30.0 Å². The van der Waals surface area contributed by atoms with E-state index in [1.54, 1.807) is 0 Å². The molecule has 0 atom stereocenters. The fourth-order valence-electron chi connectivity index (χ4n) is 2.07. The minimum absolute atomic E-state index is 0.138. The molecule has 1 aliphatic rings. The number of H-pyrrole nitrogens is 1. The Morgan fingerprint density at radius 2 is 2.35 bits per heavy atom. The maximum atomic E-state index is 9.10. The van der Waals surface area contributed by atoms with Crippen molar-refractivity contribution in [2.45, 2.75) is 39.4 Å². The molecule has 4 heteroatoms. The standard InChI is InChI=1S/C13H17N3O/c1-4-15-12-9(7-14)5-10-8-17-13(2,3)6-11(10)16-12/h5H,4,6,8H2,1-3H3,(H,15,16)/p+1. The third-order valence-electron chi connectivity index (χ3n) is 2.95. The van der Waals surface area contributed by atoms with Crippen LogP contribution in [0, 0.1) is 11.3 Å². The van der Waals surface area contributed by atoms with Gasteiger partial charge in [-0.15, -0.1) is 0 Å². The number of nitrogens with zero attached hydrogens (tertiary/aromatic N) is 1. The third-order valence-corrected chi connectivity index (χ3v) is 2.95. The highest BCUT2D eigenvalue weighted by atomic mass is 16.5. The monoisotopic (exact) mass is 232 g/mol. The molecule has 0 amide bonds. The zero-order valence-electron chi connectivity index (χ0n) is 10.6. The van der Waals surface area contributed by atoms with E-state index in [0.29, 0.717) is 12.2 Å². The Morgan fingerprint density at radius 3 is 3.00 bits per heavy atom. The third kappa shape index (κ3) is 2.40. The van der Waals surface area contributed by atoms with Crippen LogP contribution in [0.15, 0.2) is 6.07 Å². The van der Waals surface area contributed by atoms with Crippen molar-refractivity contribution in [2.75, 3.05) is 11.9 Å². The lowest BCUT2D eigenvalue weighted by Gasteiger charge is -2.30. The second-order valence-electron chi connectivity index (χ2n) is 4.93. The van der Waals surface area contributed by atoms with Gasteiger partial charge in [0.05, 0.1) is 18.8 Å². The van der Waals surface area contributed by atoms with Gasteiger partial charge in [0.2, 0.25) is 0 Å². The number of nitrogens with one attached hydrogen (secondary N) is 2. The molecule has 4 nitrogen and oxygen atoms in total. The van der Waals surface area contributed by atoms with Crippen LogP contribution in [0.25, 0.3) is 0 Å². The summed E-state index contributed by atoms with van der Waals surface area (Å²) < 4.78 is 5.74. The predicted molar refractivity (Wildman–Crippen MR) is 64.4 cm³/mol. The Balaban J connectivity index is 2.42. The Labute approximate surface area is 102 Å². The van der Waals surface area contributed by atoms with Crippen molar-refractivity contribution in [3.8, 4) is 6.07 Å². The number of fused-ring (bicyclic) bond motifs is 1. The average molecular weight is 232 g/mol. The van der Waals surface area contributed by atoms with E-state index in [-0.39, 0.29) is 5.60 Å². The van der Waals surface area contributed by atoms with Gasteiger partial charge >= 0.3 is 0 Å². The van der Waals surface area contributed by atoms with Crippen LogP contribution in [-0.4, -0.2) is 12.1 Å². The summed E-state index contributed by atoms with van der Waals surface area (Å²) in [5.74, 6) is 0.812. The first-order valence-electron chi connectivity index (χ1n) is 5.92. The molecule has 0 saturated carbocycles.